The Morgan fingerprint density at radius 1 is 1.10 bits per heavy atom. The number of aliphatic imine (C=N–C) groups is 1. The first-order valence-corrected chi connectivity index (χ1v) is 9.76. The van der Waals surface area contributed by atoms with Gasteiger partial charge < -0.3 is 24.8 Å². The van der Waals surface area contributed by atoms with Crippen LogP contribution in [0.25, 0.3) is 0 Å². The van der Waals surface area contributed by atoms with Gasteiger partial charge in [-0.15, -0.1) is 0 Å². The number of pyridine rings is 1. The Morgan fingerprint density at radius 2 is 1.86 bits per heavy atom. The van der Waals surface area contributed by atoms with Gasteiger partial charge in [-0.25, -0.2) is 9.98 Å². The Labute approximate surface area is 170 Å². The first-order chi connectivity index (χ1) is 13.9. The molecular formula is C19H31F3N4O3. The summed E-state index contributed by atoms with van der Waals surface area (Å²) in [5.41, 5.74) is 0.690. The largest absolute Gasteiger partial charge is 0.468 e. The third-order valence-corrected chi connectivity index (χ3v) is 3.50. The molecule has 0 bridgehead atoms. The Balaban J connectivity index is 2.36. The molecule has 2 N–H and O–H groups in total. The molecule has 0 unspecified atom stereocenters. The highest BCUT2D eigenvalue weighted by Gasteiger charge is 2.28. The Bertz CT molecular complexity index is 586. The van der Waals surface area contributed by atoms with Gasteiger partial charge in [0, 0.05) is 32.0 Å². The quantitative estimate of drug-likeness (QED) is 0.274. The van der Waals surface area contributed by atoms with Crippen molar-refractivity contribution >= 4 is 5.96 Å². The predicted octanol–water partition coefficient (Wildman–Crippen LogP) is 2.91. The minimum atomic E-state index is -4.40. The molecule has 166 valence electrons. The highest BCUT2D eigenvalue weighted by atomic mass is 19.4. The standard InChI is InChI=1S/C19H31F3N4O3/c1-3-5-9-27-11-12-28-10-8-25-18(23-4-2)26-14-16-6-7-24-17(13-16)29-15-19(20,21)22/h6-7,13H,3-5,8-12,14-15H2,1-2H3,(H2,23,25,26). The molecule has 10 heteroatoms. The van der Waals surface area contributed by atoms with E-state index in [2.05, 4.69) is 32.3 Å². The average molecular weight is 420 g/mol. The van der Waals surface area contributed by atoms with Gasteiger partial charge in [0.1, 0.15) is 0 Å². The number of hydrogen-bond donors (Lipinski definition) is 2. The summed E-state index contributed by atoms with van der Waals surface area (Å²) in [7, 11) is 0. The monoisotopic (exact) mass is 420 g/mol. The van der Waals surface area contributed by atoms with E-state index in [4.69, 9.17) is 9.47 Å². The van der Waals surface area contributed by atoms with Crippen molar-refractivity contribution in [3.05, 3.63) is 23.9 Å². The number of halogens is 3. The molecule has 0 spiro atoms. The molecule has 0 saturated heterocycles. The van der Waals surface area contributed by atoms with Crippen LogP contribution in [0.1, 0.15) is 32.3 Å². The Kier molecular flexibility index (Phi) is 12.8. The van der Waals surface area contributed by atoms with Gasteiger partial charge in [-0.2, -0.15) is 13.2 Å². The van der Waals surface area contributed by atoms with E-state index in [0.717, 1.165) is 19.4 Å². The van der Waals surface area contributed by atoms with Crippen LogP contribution in [0.4, 0.5) is 13.2 Å². The Morgan fingerprint density at radius 3 is 2.55 bits per heavy atom. The summed E-state index contributed by atoms with van der Waals surface area (Å²) in [6, 6.07) is 3.12. The number of rotatable bonds is 14. The molecule has 1 aromatic heterocycles. The van der Waals surface area contributed by atoms with E-state index in [1.165, 1.54) is 12.3 Å². The highest BCUT2D eigenvalue weighted by molar-refractivity contribution is 5.79. The van der Waals surface area contributed by atoms with Gasteiger partial charge in [-0.3, -0.25) is 0 Å². The van der Waals surface area contributed by atoms with Crippen LogP contribution in [0.15, 0.2) is 23.3 Å². The van der Waals surface area contributed by atoms with Crippen LogP contribution in [0.5, 0.6) is 5.88 Å². The first kappa shape index (κ1) is 25.0. The summed E-state index contributed by atoms with van der Waals surface area (Å²) in [6.07, 6.45) is -0.842. The summed E-state index contributed by atoms with van der Waals surface area (Å²) in [5, 5.41) is 6.24. The summed E-state index contributed by atoms with van der Waals surface area (Å²) in [5.74, 6) is 0.507. The molecule has 1 aromatic rings. The van der Waals surface area contributed by atoms with Gasteiger partial charge in [-0.1, -0.05) is 13.3 Å². The third-order valence-electron chi connectivity index (χ3n) is 3.50. The second-order valence-electron chi connectivity index (χ2n) is 6.11. The molecule has 0 atom stereocenters. The van der Waals surface area contributed by atoms with E-state index in [1.54, 1.807) is 6.07 Å². The van der Waals surface area contributed by atoms with E-state index in [1.807, 2.05) is 6.92 Å². The fourth-order valence-corrected chi connectivity index (χ4v) is 2.11. The van der Waals surface area contributed by atoms with E-state index in [-0.39, 0.29) is 12.4 Å². The van der Waals surface area contributed by atoms with Crippen LogP contribution >= 0.6 is 0 Å². The molecule has 0 amide bonds. The SMILES string of the molecule is CCCCOCCOCCNC(=NCc1ccnc(OCC(F)(F)F)c1)NCC. The molecule has 29 heavy (non-hydrogen) atoms. The minimum absolute atomic E-state index is 0.0810. The summed E-state index contributed by atoms with van der Waals surface area (Å²) < 4.78 is 52.3. The van der Waals surface area contributed by atoms with E-state index in [0.29, 0.717) is 44.4 Å². The number of unbranched alkanes of at least 4 members (excludes halogenated alkanes) is 1. The van der Waals surface area contributed by atoms with Crippen molar-refractivity contribution in [2.75, 3.05) is 46.1 Å². The zero-order chi connectivity index (χ0) is 21.4. The third kappa shape index (κ3) is 13.7. The zero-order valence-corrected chi connectivity index (χ0v) is 17.1. The topological polar surface area (TPSA) is 77.0 Å². The second kappa shape index (κ2) is 14.9. The summed E-state index contributed by atoms with van der Waals surface area (Å²) >= 11 is 0. The van der Waals surface area contributed by atoms with Gasteiger partial charge in [0.2, 0.25) is 5.88 Å². The number of guanidine groups is 1. The second-order valence-corrected chi connectivity index (χ2v) is 6.11. The fourth-order valence-electron chi connectivity index (χ4n) is 2.11. The van der Waals surface area contributed by atoms with Crippen LogP contribution in [-0.2, 0) is 16.0 Å². The van der Waals surface area contributed by atoms with Gasteiger partial charge in [0.05, 0.1) is 26.4 Å². The fraction of sp³-hybridized carbons (Fsp3) is 0.684. The molecule has 7 nitrogen and oxygen atoms in total. The molecule has 0 aliphatic heterocycles. The van der Waals surface area contributed by atoms with Crippen molar-refractivity contribution in [1.82, 2.24) is 15.6 Å². The van der Waals surface area contributed by atoms with Crippen molar-refractivity contribution < 1.29 is 27.4 Å². The van der Waals surface area contributed by atoms with Crippen molar-refractivity contribution in [3.63, 3.8) is 0 Å². The maximum Gasteiger partial charge on any atom is 0.422 e. The van der Waals surface area contributed by atoms with Crippen LogP contribution < -0.4 is 15.4 Å². The van der Waals surface area contributed by atoms with Crippen LogP contribution in [0.2, 0.25) is 0 Å². The van der Waals surface area contributed by atoms with Crippen LogP contribution in [-0.4, -0.2) is 63.2 Å². The van der Waals surface area contributed by atoms with Gasteiger partial charge in [-0.05, 0) is 25.0 Å². The van der Waals surface area contributed by atoms with Crippen molar-refractivity contribution in [1.29, 1.82) is 0 Å². The molecule has 1 rings (SSSR count). The highest BCUT2D eigenvalue weighted by Crippen LogP contribution is 2.17. The number of aromatic nitrogens is 1. The number of nitrogens with zero attached hydrogens (tertiary/aromatic N) is 2. The van der Waals surface area contributed by atoms with Gasteiger partial charge in [0.25, 0.3) is 0 Å². The molecular weight excluding hydrogens is 389 g/mol. The molecule has 0 radical (unpaired) electrons. The van der Waals surface area contributed by atoms with E-state index < -0.39 is 12.8 Å². The lowest BCUT2D eigenvalue weighted by Crippen LogP contribution is -2.39. The van der Waals surface area contributed by atoms with Crippen molar-refractivity contribution in [2.24, 2.45) is 4.99 Å². The first-order valence-electron chi connectivity index (χ1n) is 9.76. The average Bonchev–Trinajstić information content (AvgIpc) is 2.69. The maximum atomic E-state index is 12.2. The van der Waals surface area contributed by atoms with E-state index >= 15 is 0 Å². The molecule has 0 aliphatic rings. The lowest BCUT2D eigenvalue weighted by atomic mass is 10.3. The van der Waals surface area contributed by atoms with E-state index in [9.17, 15) is 13.2 Å². The lowest BCUT2D eigenvalue weighted by Gasteiger charge is -2.12. The lowest BCUT2D eigenvalue weighted by molar-refractivity contribution is -0.154. The minimum Gasteiger partial charge on any atom is -0.468 e. The molecule has 1 heterocycles. The Hall–Kier alpha value is -2.07. The maximum absolute atomic E-state index is 12.2. The molecule has 0 aliphatic carbocycles. The summed E-state index contributed by atoms with van der Waals surface area (Å²) in [6.45, 7) is 6.57. The molecule has 0 aromatic carbocycles. The van der Waals surface area contributed by atoms with Crippen molar-refractivity contribution in [2.45, 2.75) is 39.4 Å². The number of ether oxygens (including phenoxy) is 3. The van der Waals surface area contributed by atoms with Crippen LogP contribution in [0, 0.1) is 0 Å². The van der Waals surface area contributed by atoms with Crippen molar-refractivity contribution in [3.8, 4) is 5.88 Å². The smallest absolute Gasteiger partial charge is 0.422 e. The predicted molar refractivity (Wildman–Crippen MR) is 105 cm³/mol. The number of nitrogens with one attached hydrogen (secondary N) is 2. The normalized spacial score (nSPS) is 12.1. The van der Waals surface area contributed by atoms with Crippen LogP contribution in [0.3, 0.4) is 0 Å². The van der Waals surface area contributed by atoms with Gasteiger partial charge >= 0.3 is 6.18 Å². The number of alkyl halides is 3. The van der Waals surface area contributed by atoms with Gasteiger partial charge in [0.15, 0.2) is 12.6 Å². The zero-order valence-electron chi connectivity index (χ0n) is 17.1. The number of hydrogen-bond acceptors (Lipinski definition) is 5. The molecule has 0 saturated carbocycles. The molecule has 0 fully saturated rings. The summed E-state index contributed by atoms with van der Waals surface area (Å²) in [4.78, 5) is 8.19.